The maximum Gasteiger partial charge on any atom is 0.218 e. The molecule has 0 aliphatic heterocycles. The first-order valence-electron chi connectivity index (χ1n) is 6.22. The fourth-order valence-electron chi connectivity index (χ4n) is 1.87. The summed E-state index contributed by atoms with van der Waals surface area (Å²) in [5.41, 5.74) is 0.654. The number of aromatic nitrogens is 1. The second-order valence-corrected chi connectivity index (χ2v) is 4.90. The summed E-state index contributed by atoms with van der Waals surface area (Å²) in [5.74, 6) is -0.593. The topological polar surface area (TPSA) is 82.0 Å². The lowest BCUT2D eigenvalue weighted by atomic mass is 10.2. The molecule has 8 heteroatoms. The Morgan fingerprint density at radius 3 is 3.05 bits per heavy atom. The Hall–Kier alpha value is -2.06. The van der Waals surface area contributed by atoms with Crippen molar-refractivity contribution in [2.45, 2.75) is 13.0 Å². The zero-order valence-electron chi connectivity index (χ0n) is 11.6. The van der Waals surface area contributed by atoms with Gasteiger partial charge in [0.2, 0.25) is 11.0 Å². The van der Waals surface area contributed by atoms with Crippen molar-refractivity contribution in [2.24, 2.45) is 10.2 Å². The molecule has 0 aliphatic rings. The Labute approximate surface area is 126 Å². The summed E-state index contributed by atoms with van der Waals surface area (Å²) in [5, 5.41) is 21.2. The van der Waals surface area contributed by atoms with Crippen molar-refractivity contribution in [2.75, 3.05) is 13.7 Å². The summed E-state index contributed by atoms with van der Waals surface area (Å²) in [6, 6.07) is 4.06. The number of ether oxygens (including phenoxy) is 1. The van der Waals surface area contributed by atoms with Crippen molar-refractivity contribution in [1.82, 2.24) is 10.3 Å². The predicted molar refractivity (Wildman–Crippen MR) is 81.5 cm³/mol. The van der Waals surface area contributed by atoms with Gasteiger partial charge >= 0.3 is 0 Å². The molecule has 3 N–H and O–H groups in total. The molecular formula is C13H15FN4O2S. The van der Waals surface area contributed by atoms with E-state index in [1.54, 1.807) is 7.11 Å². The molecule has 1 atom stereocenters. The normalized spacial score (nSPS) is 12.9. The van der Waals surface area contributed by atoms with Crippen LogP contribution in [0, 0.1) is 5.82 Å². The molecule has 1 aromatic heterocycles. The molecule has 2 rings (SSSR count). The van der Waals surface area contributed by atoms with Crippen LogP contribution in [-0.2, 0) is 4.74 Å². The van der Waals surface area contributed by atoms with E-state index in [1.165, 1.54) is 18.2 Å². The van der Waals surface area contributed by atoms with Crippen LogP contribution in [0.1, 0.15) is 6.92 Å². The minimum atomic E-state index is -0.405. The van der Waals surface area contributed by atoms with Gasteiger partial charge in [-0.3, -0.25) is 0 Å². The van der Waals surface area contributed by atoms with Crippen molar-refractivity contribution in [1.29, 1.82) is 0 Å². The number of halogens is 1. The standard InChI is InChI=1S/C13H15FN4O2S/c1-7(6-20-2)15-13(21)18-17-11-9-4-3-8(14)5-10(9)16-12(11)19/h3-5,7,16,19H,6H2,1-2H3,(H,15,21)/t7-/m0/s1. The number of aromatic hydroxyl groups is 1. The van der Waals surface area contributed by atoms with Gasteiger partial charge in [0.15, 0.2) is 5.69 Å². The molecule has 0 spiro atoms. The monoisotopic (exact) mass is 310 g/mol. The quantitative estimate of drug-likeness (QED) is 0.599. The minimum Gasteiger partial charge on any atom is -0.493 e. The van der Waals surface area contributed by atoms with Crippen LogP contribution in [0.5, 0.6) is 5.88 Å². The highest BCUT2D eigenvalue weighted by atomic mass is 32.1. The number of nitrogens with one attached hydrogen (secondary N) is 2. The van der Waals surface area contributed by atoms with E-state index in [1.807, 2.05) is 6.92 Å². The third-order valence-electron chi connectivity index (χ3n) is 2.74. The molecule has 112 valence electrons. The summed E-state index contributed by atoms with van der Waals surface area (Å²) in [7, 11) is 1.59. The molecule has 0 unspecified atom stereocenters. The Morgan fingerprint density at radius 1 is 1.57 bits per heavy atom. The van der Waals surface area contributed by atoms with Gasteiger partial charge in [0.25, 0.3) is 0 Å². The zero-order valence-corrected chi connectivity index (χ0v) is 12.4. The first kappa shape index (κ1) is 15.3. The lowest BCUT2D eigenvalue weighted by molar-refractivity contribution is 0.179. The van der Waals surface area contributed by atoms with Crippen molar-refractivity contribution in [3.63, 3.8) is 0 Å². The van der Waals surface area contributed by atoms with Crippen LogP contribution in [-0.4, -0.2) is 35.0 Å². The van der Waals surface area contributed by atoms with Crippen molar-refractivity contribution >= 4 is 33.9 Å². The van der Waals surface area contributed by atoms with Gasteiger partial charge in [0.05, 0.1) is 12.1 Å². The van der Waals surface area contributed by atoms with E-state index in [0.29, 0.717) is 17.5 Å². The van der Waals surface area contributed by atoms with Gasteiger partial charge in [-0.05, 0) is 37.3 Å². The predicted octanol–water partition coefficient (Wildman–Crippen LogP) is 3.01. The Bertz CT molecular complexity index is 686. The SMILES string of the molecule is COC[C@H](C)NC(=S)N=Nc1c(O)[nH]c2cc(F)ccc12. The number of aromatic amines is 1. The lowest BCUT2D eigenvalue weighted by Crippen LogP contribution is -2.33. The number of azo groups is 1. The van der Waals surface area contributed by atoms with E-state index >= 15 is 0 Å². The van der Waals surface area contributed by atoms with Crippen LogP contribution < -0.4 is 5.32 Å². The zero-order chi connectivity index (χ0) is 15.4. The first-order chi connectivity index (χ1) is 10.0. The minimum absolute atomic E-state index is 0.00730. The number of thiocarbonyl (C=S) groups is 1. The van der Waals surface area contributed by atoms with Gasteiger partial charge in [0, 0.05) is 18.5 Å². The van der Waals surface area contributed by atoms with E-state index in [4.69, 9.17) is 17.0 Å². The number of rotatable bonds is 4. The molecule has 1 heterocycles. The second-order valence-electron chi connectivity index (χ2n) is 4.52. The fourth-order valence-corrected chi connectivity index (χ4v) is 2.11. The number of methoxy groups -OCH3 is 1. The van der Waals surface area contributed by atoms with Crippen LogP contribution in [0.4, 0.5) is 10.1 Å². The van der Waals surface area contributed by atoms with Gasteiger partial charge in [0.1, 0.15) is 5.82 Å². The van der Waals surface area contributed by atoms with Crippen LogP contribution in [0.3, 0.4) is 0 Å². The van der Waals surface area contributed by atoms with Crippen molar-refractivity contribution in [3.8, 4) is 5.88 Å². The molecule has 2 aromatic rings. The second kappa shape index (κ2) is 6.59. The molecule has 0 bridgehead atoms. The summed E-state index contributed by atoms with van der Waals surface area (Å²) in [6.45, 7) is 2.37. The van der Waals surface area contributed by atoms with Gasteiger partial charge in [-0.2, -0.15) is 0 Å². The van der Waals surface area contributed by atoms with Crippen LogP contribution in [0.15, 0.2) is 28.4 Å². The maximum absolute atomic E-state index is 13.1. The smallest absolute Gasteiger partial charge is 0.218 e. The summed E-state index contributed by atoms with van der Waals surface area (Å²) < 4.78 is 18.1. The van der Waals surface area contributed by atoms with E-state index in [0.717, 1.165) is 0 Å². The Morgan fingerprint density at radius 2 is 2.33 bits per heavy atom. The number of H-pyrrole nitrogens is 1. The summed E-state index contributed by atoms with van der Waals surface area (Å²) in [4.78, 5) is 2.63. The maximum atomic E-state index is 13.1. The van der Waals surface area contributed by atoms with Crippen molar-refractivity contribution in [3.05, 3.63) is 24.0 Å². The molecular weight excluding hydrogens is 295 g/mol. The molecule has 0 aliphatic carbocycles. The van der Waals surface area contributed by atoms with E-state index in [2.05, 4.69) is 20.5 Å². The molecule has 0 fully saturated rings. The Balaban J connectivity index is 2.17. The number of hydrogen-bond donors (Lipinski definition) is 3. The number of fused-ring (bicyclic) bond motifs is 1. The van der Waals surface area contributed by atoms with Crippen LogP contribution in [0.2, 0.25) is 0 Å². The summed E-state index contributed by atoms with van der Waals surface area (Å²) >= 11 is 5.03. The van der Waals surface area contributed by atoms with Gasteiger partial charge in [-0.15, -0.1) is 10.2 Å². The first-order valence-corrected chi connectivity index (χ1v) is 6.63. The lowest BCUT2D eigenvalue weighted by Gasteiger charge is -2.11. The Kier molecular flexibility index (Phi) is 4.81. The highest BCUT2D eigenvalue weighted by Gasteiger charge is 2.11. The highest BCUT2D eigenvalue weighted by molar-refractivity contribution is 7.80. The molecule has 1 aromatic carbocycles. The average molecular weight is 310 g/mol. The van der Waals surface area contributed by atoms with Gasteiger partial charge in [-0.1, -0.05) is 0 Å². The highest BCUT2D eigenvalue weighted by Crippen LogP contribution is 2.35. The van der Waals surface area contributed by atoms with Crippen molar-refractivity contribution < 1.29 is 14.2 Å². The van der Waals surface area contributed by atoms with E-state index in [9.17, 15) is 9.50 Å². The molecule has 0 saturated carbocycles. The molecule has 0 radical (unpaired) electrons. The molecule has 21 heavy (non-hydrogen) atoms. The molecule has 6 nitrogen and oxygen atoms in total. The third-order valence-corrected chi connectivity index (χ3v) is 2.94. The van der Waals surface area contributed by atoms with Gasteiger partial charge < -0.3 is 20.1 Å². The largest absolute Gasteiger partial charge is 0.493 e. The average Bonchev–Trinajstić information content (AvgIpc) is 2.71. The third kappa shape index (κ3) is 3.73. The fraction of sp³-hybridized carbons (Fsp3) is 0.308. The molecule has 0 amide bonds. The molecule has 0 saturated heterocycles. The number of nitrogens with zero attached hydrogens (tertiary/aromatic N) is 2. The summed E-state index contributed by atoms with van der Waals surface area (Å²) in [6.07, 6.45) is 0. The van der Waals surface area contributed by atoms with Gasteiger partial charge in [-0.25, -0.2) is 4.39 Å². The number of hydrogen-bond acceptors (Lipinski definition) is 4. The van der Waals surface area contributed by atoms with E-state index in [-0.39, 0.29) is 22.7 Å². The van der Waals surface area contributed by atoms with Crippen LogP contribution >= 0.6 is 12.2 Å². The van der Waals surface area contributed by atoms with E-state index < -0.39 is 5.82 Å². The van der Waals surface area contributed by atoms with Crippen LogP contribution in [0.25, 0.3) is 10.9 Å². The number of benzene rings is 1.